The zero-order valence-corrected chi connectivity index (χ0v) is 13.4. The topological polar surface area (TPSA) is 54.9 Å². The molecule has 0 aliphatic heterocycles. The lowest BCUT2D eigenvalue weighted by atomic mass is 10.0. The summed E-state index contributed by atoms with van der Waals surface area (Å²) in [5.41, 5.74) is 3.02. The third kappa shape index (κ3) is 3.27. The van der Waals surface area contributed by atoms with Gasteiger partial charge in [-0.15, -0.1) is 0 Å². The standard InChI is InChI=1S/C20H19N3O/c24-20(10-16-6-3-5-14-4-1-2-7-18(14)16)21-12-17-11-19(15-8-9-15)23-13-22-17/h1-7,11,13,15H,8-10,12H2,(H,21,24). The van der Waals surface area contributed by atoms with Crippen molar-refractivity contribution >= 4 is 16.7 Å². The lowest BCUT2D eigenvalue weighted by molar-refractivity contribution is -0.120. The molecular weight excluding hydrogens is 298 g/mol. The molecule has 0 saturated heterocycles. The smallest absolute Gasteiger partial charge is 0.224 e. The number of amides is 1. The van der Waals surface area contributed by atoms with Gasteiger partial charge in [0.2, 0.25) is 5.91 Å². The predicted octanol–water partition coefficient (Wildman–Crippen LogP) is 3.37. The maximum Gasteiger partial charge on any atom is 0.224 e. The molecule has 1 saturated carbocycles. The molecule has 0 atom stereocenters. The van der Waals surface area contributed by atoms with E-state index in [0.29, 0.717) is 18.9 Å². The molecule has 1 aromatic heterocycles. The van der Waals surface area contributed by atoms with Crippen LogP contribution in [0.5, 0.6) is 0 Å². The number of carbonyl (C=O) groups is 1. The Labute approximate surface area is 141 Å². The van der Waals surface area contributed by atoms with Crippen molar-refractivity contribution in [2.24, 2.45) is 0 Å². The van der Waals surface area contributed by atoms with E-state index in [1.54, 1.807) is 6.33 Å². The third-order valence-electron chi connectivity index (χ3n) is 4.44. The van der Waals surface area contributed by atoms with Crippen molar-refractivity contribution in [2.75, 3.05) is 0 Å². The fourth-order valence-corrected chi connectivity index (χ4v) is 2.99. The first kappa shape index (κ1) is 14.8. The second kappa shape index (κ2) is 6.40. The summed E-state index contributed by atoms with van der Waals surface area (Å²) in [6.07, 6.45) is 4.40. The molecule has 0 unspecified atom stereocenters. The van der Waals surface area contributed by atoms with Crippen molar-refractivity contribution in [2.45, 2.75) is 31.7 Å². The van der Waals surface area contributed by atoms with Crippen LogP contribution >= 0.6 is 0 Å². The molecule has 1 fully saturated rings. The summed E-state index contributed by atoms with van der Waals surface area (Å²) in [6.45, 7) is 0.450. The van der Waals surface area contributed by atoms with Crippen LogP contribution in [-0.2, 0) is 17.8 Å². The number of carbonyl (C=O) groups excluding carboxylic acids is 1. The average Bonchev–Trinajstić information content (AvgIpc) is 3.46. The normalized spacial score (nSPS) is 13.8. The Kier molecular flexibility index (Phi) is 3.95. The van der Waals surface area contributed by atoms with E-state index in [1.807, 2.05) is 30.3 Å². The van der Waals surface area contributed by atoms with Crippen molar-refractivity contribution in [3.05, 3.63) is 71.8 Å². The largest absolute Gasteiger partial charge is 0.350 e. The minimum Gasteiger partial charge on any atom is -0.350 e. The van der Waals surface area contributed by atoms with Crippen LogP contribution in [0.4, 0.5) is 0 Å². The van der Waals surface area contributed by atoms with E-state index in [9.17, 15) is 4.79 Å². The summed E-state index contributed by atoms with van der Waals surface area (Å²) in [5.74, 6) is 0.607. The van der Waals surface area contributed by atoms with Crippen LogP contribution in [-0.4, -0.2) is 15.9 Å². The number of fused-ring (bicyclic) bond motifs is 1. The van der Waals surface area contributed by atoms with E-state index in [4.69, 9.17) is 0 Å². The Hall–Kier alpha value is -2.75. The zero-order valence-electron chi connectivity index (χ0n) is 13.4. The number of hydrogen-bond donors (Lipinski definition) is 1. The predicted molar refractivity (Wildman–Crippen MR) is 93.5 cm³/mol. The third-order valence-corrected chi connectivity index (χ3v) is 4.44. The van der Waals surface area contributed by atoms with Gasteiger partial charge in [-0.25, -0.2) is 9.97 Å². The minimum atomic E-state index is 0.0120. The maximum absolute atomic E-state index is 12.3. The second-order valence-corrected chi connectivity index (χ2v) is 6.30. The number of aromatic nitrogens is 2. The lowest BCUT2D eigenvalue weighted by Crippen LogP contribution is -2.25. The van der Waals surface area contributed by atoms with Gasteiger partial charge in [-0.05, 0) is 35.2 Å². The second-order valence-electron chi connectivity index (χ2n) is 6.30. The fraction of sp³-hybridized carbons (Fsp3) is 0.250. The van der Waals surface area contributed by atoms with Crippen LogP contribution in [0.2, 0.25) is 0 Å². The highest BCUT2D eigenvalue weighted by atomic mass is 16.1. The summed E-state index contributed by atoms with van der Waals surface area (Å²) in [5, 5.41) is 5.26. The van der Waals surface area contributed by atoms with E-state index < -0.39 is 0 Å². The molecule has 3 aromatic rings. The van der Waals surface area contributed by atoms with Crippen LogP contribution in [0.3, 0.4) is 0 Å². The molecule has 1 heterocycles. The van der Waals surface area contributed by atoms with Crippen molar-refractivity contribution in [1.82, 2.24) is 15.3 Å². The Bertz CT molecular complexity index is 881. The monoisotopic (exact) mass is 317 g/mol. The molecule has 0 spiro atoms. The zero-order chi connectivity index (χ0) is 16.4. The van der Waals surface area contributed by atoms with Crippen LogP contribution < -0.4 is 5.32 Å². The molecule has 4 rings (SSSR count). The number of nitrogens with one attached hydrogen (secondary N) is 1. The Morgan fingerprint density at radius 2 is 1.92 bits per heavy atom. The van der Waals surface area contributed by atoms with Crippen LogP contribution in [0.15, 0.2) is 54.9 Å². The molecule has 2 aromatic carbocycles. The summed E-state index contributed by atoms with van der Waals surface area (Å²) in [4.78, 5) is 20.9. The quantitative estimate of drug-likeness (QED) is 0.785. The van der Waals surface area contributed by atoms with E-state index in [0.717, 1.165) is 27.7 Å². The Balaban J connectivity index is 1.42. The van der Waals surface area contributed by atoms with Gasteiger partial charge in [0.05, 0.1) is 18.7 Å². The molecule has 1 amide bonds. The molecule has 24 heavy (non-hydrogen) atoms. The lowest BCUT2D eigenvalue weighted by Gasteiger charge is -2.08. The summed E-state index contributed by atoms with van der Waals surface area (Å²) in [6, 6.07) is 16.2. The fourth-order valence-electron chi connectivity index (χ4n) is 2.99. The van der Waals surface area contributed by atoms with Gasteiger partial charge >= 0.3 is 0 Å². The van der Waals surface area contributed by atoms with Gasteiger partial charge in [-0.1, -0.05) is 42.5 Å². The van der Waals surface area contributed by atoms with Gasteiger partial charge < -0.3 is 5.32 Å². The SMILES string of the molecule is O=C(Cc1cccc2ccccc12)NCc1cc(C2CC2)ncn1. The first-order valence-corrected chi connectivity index (χ1v) is 8.34. The highest BCUT2D eigenvalue weighted by molar-refractivity contribution is 5.90. The molecule has 4 nitrogen and oxygen atoms in total. The van der Waals surface area contributed by atoms with Gasteiger partial charge in [0, 0.05) is 11.6 Å². The first-order chi connectivity index (χ1) is 11.8. The molecular formula is C20H19N3O. The first-order valence-electron chi connectivity index (χ1n) is 8.34. The summed E-state index contributed by atoms with van der Waals surface area (Å²) >= 11 is 0. The highest BCUT2D eigenvalue weighted by Crippen LogP contribution is 2.38. The van der Waals surface area contributed by atoms with Crippen molar-refractivity contribution < 1.29 is 4.79 Å². The highest BCUT2D eigenvalue weighted by Gasteiger charge is 2.25. The number of hydrogen-bond acceptors (Lipinski definition) is 3. The van der Waals surface area contributed by atoms with E-state index >= 15 is 0 Å². The minimum absolute atomic E-state index is 0.0120. The van der Waals surface area contributed by atoms with Gasteiger partial charge in [0.25, 0.3) is 0 Å². The Morgan fingerprint density at radius 1 is 1.08 bits per heavy atom. The molecule has 0 radical (unpaired) electrons. The molecule has 1 N–H and O–H groups in total. The molecule has 120 valence electrons. The van der Waals surface area contributed by atoms with E-state index in [1.165, 1.54) is 12.8 Å². The van der Waals surface area contributed by atoms with Gasteiger partial charge in [0.15, 0.2) is 0 Å². The molecule has 1 aliphatic carbocycles. The number of nitrogens with zero attached hydrogens (tertiary/aromatic N) is 2. The number of benzene rings is 2. The molecule has 0 bridgehead atoms. The van der Waals surface area contributed by atoms with Crippen LogP contribution in [0.25, 0.3) is 10.8 Å². The van der Waals surface area contributed by atoms with Gasteiger partial charge in [0.1, 0.15) is 6.33 Å². The van der Waals surface area contributed by atoms with E-state index in [2.05, 4.69) is 33.5 Å². The molecule has 4 heteroatoms. The van der Waals surface area contributed by atoms with Crippen molar-refractivity contribution in [3.8, 4) is 0 Å². The number of rotatable bonds is 5. The Morgan fingerprint density at radius 3 is 2.79 bits per heavy atom. The van der Waals surface area contributed by atoms with Gasteiger partial charge in [-0.2, -0.15) is 0 Å². The van der Waals surface area contributed by atoms with Crippen LogP contribution in [0, 0.1) is 0 Å². The maximum atomic E-state index is 12.3. The summed E-state index contributed by atoms with van der Waals surface area (Å²) in [7, 11) is 0. The summed E-state index contributed by atoms with van der Waals surface area (Å²) < 4.78 is 0. The van der Waals surface area contributed by atoms with Gasteiger partial charge in [-0.3, -0.25) is 4.79 Å². The van der Waals surface area contributed by atoms with Crippen molar-refractivity contribution in [1.29, 1.82) is 0 Å². The van der Waals surface area contributed by atoms with E-state index in [-0.39, 0.29) is 5.91 Å². The average molecular weight is 317 g/mol. The van der Waals surface area contributed by atoms with Crippen molar-refractivity contribution in [3.63, 3.8) is 0 Å². The van der Waals surface area contributed by atoms with Crippen LogP contribution in [0.1, 0.15) is 35.7 Å². The molecule has 1 aliphatic rings.